The minimum absolute atomic E-state index is 0.0588. The topological polar surface area (TPSA) is 50.4 Å². The maximum atomic E-state index is 11.4. The molecule has 1 aromatic rings. The summed E-state index contributed by atoms with van der Waals surface area (Å²) in [6.45, 7) is 4.69. The summed E-state index contributed by atoms with van der Waals surface area (Å²) >= 11 is 0. The maximum Gasteiger partial charge on any atom is 0.221 e. The highest BCUT2D eigenvalue weighted by Gasteiger charge is 1.99. The molecule has 100 valence electrons. The van der Waals surface area contributed by atoms with E-state index in [1.807, 2.05) is 0 Å². The fourth-order valence-electron chi connectivity index (χ4n) is 1.52. The van der Waals surface area contributed by atoms with E-state index >= 15 is 0 Å². The zero-order valence-electron chi connectivity index (χ0n) is 11.2. The van der Waals surface area contributed by atoms with Gasteiger partial charge in [0.15, 0.2) is 0 Å². The molecule has 4 nitrogen and oxygen atoms in total. The largest absolute Gasteiger partial charge is 0.383 e. The van der Waals surface area contributed by atoms with Crippen molar-refractivity contribution in [2.75, 3.05) is 26.8 Å². The van der Waals surface area contributed by atoms with Gasteiger partial charge in [0.25, 0.3) is 0 Å². The summed E-state index contributed by atoms with van der Waals surface area (Å²) in [6, 6.07) is 8.38. The van der Waals surface area contributed by atoms with Crippen LogP contribution in [0.4, 0.5) is 0 Å². The van der Waals surface area contributed by atoms with Gasteiger partial charge in [-0.3, -0.25) is 4.79 Å². The summed E-state index contributed by atoms with van der Waals surface area (Å²) in [4.78, 5) is 11.4. The van der Waals surface area contributed by atoms with Crippen LogP contribution in [0.15, 0.2) is 24.3 Å². The molecule has 2 N–H and O–H groups in total. The van der Waals surface area contributed by atoms with E-state index in [1.165, 1.54) is 11.1 Å². The molecule has 0 aliphatic carbocycles. The molecule has 0 aliphatic rings. The number of hydrogen-bond acceptors (Lipinski definition) is 3. The van der Waals surface area contributed by atoms with E-state index in [9.17, 15) is 4.79 Å². The lowest BCUT2D eigenvalue weighted by Gasteiger charge is -2.06. The first-order valence-electron chi connectivity index (χ1n) is 6.24. The van der Waals surface area contributed by atoms with Crippen molar-refractivity contribution in [1.29, 1.82) is 0 Å². The van der Waals surface area contributed by atoms with Crippen molar-refractivity contribution in [3.63, 3.8) is 0 Å². The van der Waals surface area contributed by atoms with Crippen molar-refractivity contribution in [2.24, 2.45) is 0 Å². The predicted octanol–water partition coefficient (Wildman–Crippen LogP) is 1.24. The number of carbonyl (C=O) groups is 1. The number of hydrogen-bond donors (Lipinski definition) is 2. The maximum absolute atomic E-state index is 11.4. The van der Waals surface area contributed by atoms with Gasteiger partial charge in [-0.25, -0.2) is 0 Å². The highest BCUT2D eigenvalue weighted by molar-refractivity contribution is 5.75. The molecular weight excluding hydrogens is 228 g/mol. The lowest BCUT2D eigenvalue weighted by molar-refractivity contribution is -0.121. The molecule has 0 saturated carbocycles. The van der Waals surface area contributed by atoms with Crippen LogP contribution in [0.25, 0.3) is 0 Å². The third kappa shape index (κ3) is 6.37. The first-order chi connectivity index (χ1) is 8.72. The molecule has 0 spiro atoms. The molecule has 1 rings (SSSR count). The van der Waals surface area contributed by atoms with Gasteiger partial charge in [0.2, 0.25) is 5.91 Å². The fourth-order valence-corrected chi connectivity index (χ4v) is 1.52. The molecule has 0 atom stereocenters. The standard InChI is InChI=1S/C14H22N2O2/c1-12-3-5-13(6-4-12)11-15-8-7-14(17)16-9-10-18-2/h3-6,15H,7-11H2,1-2H3,(H,16,17). The van der Waals surface area contributed by atoms with E-state index in [-0.39, 0.29) is 5.91 Å². The van der Waals surface area contributed by atoms with Crippen LogP contribution in [-0.4, -0.2) is 32.7 Å². The van der Waals surface area contributed by atoms with Gasteiger partial charge in [-0.15, -0.1) is 0 Å². The van der Waals surface area contributed by atoms with Crippen LogP contribution in [0.3, 0.4) is 0 Å². The van der Waals surface area contributed by atoms with E-state index < -0.39 is 0 Å². The molecule has 18 heavy (non-hydrogen) atoms. The van der Waals surface area contributed by atoms with Gasteiger partial charge in [0, 0.05) is 33.2 Å². The first-order valence-corrected chi connectivity index (χ1v) is 6.24. The monoisotopic (exact) mass is 250 g/mol. The van der Waals surface area contributed by atoms with E-state index in [0.717, 1.165) is 6.54 Å². The Bertz CT molecular complexity index is 349. The van der Waals surface area contributed by atoms with E-state index in [1.54, 1.807) is 7.11 Å². The van der Waals surface area contributed by atoms with Crippen LogP contribution in [-0.2, 0) is 16.1 Å². The summed E-state index contributed by atoms with van der Waals surface area (Å²) < 4.78 is 4.85. The van der Waals surface area contributed by atoms with Crippen molar-refractivity contribution in [2.45, 2.75) is 19.9 Å². The van der Waals surface area contributed by atoms with Gasteiger partial charge >= 0.3 is 0 Å². The number of aryl methyl sites for hydroxylation is 1. The first kappa shape index (κ1) is 14.7. The molecule has 0 heterocycles. The summed E-state index contributed by atoms with van der Waals surface area (Å²) in [7, 11) is 1.62. The Morgan fingerprint density at radius 1 is 1.22 bits per heavy atom. The van der Waals surface area contributed by atoms with Gasteiger partial charge in [-0.05, 0) is 12.5 Å². The Kier molecular flexibility index (Phi) is 7.06. The Hall–Kier alpha value is -1.39. The number of ether oxygens (including phenoxy) is 1. The predicted molar refractivity (Wildman–Crippen MR) is 72.4 cm³/mol. The third-order valence-corrected chi connectivity index (χ3v) is 2.61. The van der Waals surface area contributed by atoms with Crippen molar-refractivity contribution in [1.82, 2.24) is 10.6 Å². The second-order valence-corrected chi connectivity index (χ2v) is 4.26. The summed E-state index contributed by atoms with van der Waals surface area (Å²) in [6.07, 6.45) is 0.496. The van der Waals surface area contributed by atoms with Crippen molar-refractivity contribution in [3.8, 4) is 0 Å². The molecule has 0 fully saturated rings. The fraction of sp³-hybridized carbons (Fsp3) is 0.500. The Morgan fingerprint density at radius 2 is 1.94 bits per heavy atom. The number of nitrogens with one attached hydrogen (secondary N) is 2. The summed E-state index contributed by atoms with van der Waals surface area (Å²) in [5, 5.41) is 6.04. The SMILES string of the molecule is COCCNC(=O)CCNCc1ccc(C)cc1. The molecule has 0 saturated heterocycles. The Morgan fingerprint density at radius 3 is 2.61 bits per heavy atom. The normalized spacial score (nSPS) is 10.3. The number of methoxy groups -OCH3 is 1. The zero-order chi connectivity index (χ0) is 13.2. The van der Waals surface area contributed by atoms with Crippen molar-refractivity contribution < 1.29 is 9.53 Å². The molecule has 0 aliphatic heterocycles. The third-order valence-electron chi connectivity index (χ3n) is 2.61. The van der Waals surface area contributed by atoms with Gasteiger partial charge < -0.3 is 15.4 Å². The molecule has 4 heteroatoms. The van der Waals surface area contributed by atoms with Gasteiger partial charge in [-0.2, -0.15) is 0 Å². The molecule has 0 unspecified atom stereocenters. The average molecular weight is 250 g/mol. The van der Waals surface area contributed by atoms with Gasteiger partial charge in [0.1, 0.15) is 0 Å². The van der Waals surface area contributed by atoms with Crippen LogP contribution in [0, 0.1) is 6.92 Å². The van der Waals surface area contributed by atoms with Crippen molar-refractivity contribution >= 4 is 5.91 Å². The molecule has 1 aromatic carbocycles. The molecule has 0 radical (unpaired) electrons. The quantitative estimate of drug-likeness (QED) is 0.682. The highest BCUT2D eigenvalue weighted by Crippen LogP contribution is 2.02. The summed E-state index contributed by atoms with van der Waals surface area (Å²) in [5.41, 5.74) is 2.50. The molecule has 0 bridgehead atoms. The number of carbonyl (C=O) groups excluding carboxylic acids is 1. The highest BCUT2D eigenvalue weighted by atomic mass is 16.5. The minimum Gasteiger partial charge on any atom is -0.383 e. The molecule has 1 amide bonds. The number of amides is 1. The van der Waals surface area contributed by atoms with Crippen LogP contribution in [0.1, 0.15) is 17.5 Å². The second kappa shape index (κ2) is 8.66. The molecule has 0 aromatic heterocycles. The average Bonchev–Trinajstić information content (AvgIpc) is 2.37. The number of benzene rings is 1. The van der Waals surface area contributed by atoms with Crippen LogP contribution >= 0.6 is 0 Å². The Balaban J connectivity index is 2.07. The van der Waals surface area contributed by atoms with Crippen LogP contribution < -0.4 is 10.6 Å². The number of rotatable bonds is 8. The van der Waals surface area contributed by atoms with E-state index in [0.29, 0.717) is 26.1 Å². The zero-order valence-corrected chi connectivity index (χ0v) is 11.2. The minimum atomic E-state index is 0.0588. The smallest absolute Gasteiger partial charge is 0.221 e. The van der Waals surface area contributed by atoms with E-state index in [2.05, 4.69) is 41.8 Å². The Labute approximate surface area is 109 Å². The van der Waals surface area contributed by atoms with E-state index in [4.69, 9.17) is 4.74 Å². The summed E-state index contributed by atoms with van der Waals surface area (Å²) in [5.74, 6) is 0.0588. The van der Waals surface area contributed by atoms with Crippen LogP contribution in [0.5, 0.6) is 0 Å². The van der Waals surface area contributed by atoms with Crippen molar-refractivity contribution in [3.05, 3.63) is 35.4 Å². The lowest BCUT2D eigenvalue weighted by atomic mass is 10.1. The van der Waals surface area contributed by atoms with Gasteiger partial charge in [-0.1, -0.05) is 29.8 Å². The van der Waals surface area contributed by atoms with Crippen LogP contribution in [0.2, 0.25) is 0 Å². The lowest BCUT2D eigenvalue weighted by Crippen LogP contribution is -2.29. The molecular formula is C14H22N2O2. The second-order valence-electron chi connectivity index (χ2n) is 4.26. The van der Waals surface area contributed by atoms with Gasteiger partial charge in [0.05, 0.1) is 6.61 Å².